The summed E-state index contributed by atoms with van der Waals surface area (Å²) in [5.74, 6) is -0.0289. The van der Waals surface area contributed by atoms with E-state index in [-0.39, 0.29) is 11.9 Å². The third-order valence-corrected chi connectivity index (χ3v) is 4.01. The van der Waals surface area contributed by atoms with Crippen LogP contribution < -0.4 is 5.73 Å². The maximum atomic E-state index is 12.0. The predicted octanol–water partition coefficient (Wildman–Crippen LogP) is 2.75. The van der Waals surface area contributed by atoms with E-state index in [4.69, 9.17) is 17.3 Å². The number of benzene rings is 2. The van der Waals surface area contributed by atoms with Crippen LogP contribution in [0.1, 0.15) is 17.2 Å². The van der Waals surface area contributed by atoms with Gasteiger partial charge in [-0.25, -0.2) is 0 Å². The van der Waals surface area contributed by atoms with Crippen molar-refractivity contribution in [3.05, 3.63) is 70.7 Å². The summed E-state index contributed by atoms with van der Waals surface area (Å²) in [5, 5.41) is 0.651. The highest BCUT2D eigenvalue weighted by Gasteiger charge is 2.46. The van der Waals surface area contributed by atoms with Crippen LogP contribution in [0.25, 0.3) is 0 Å². The molecular weight excluding hydrogens is 272 g/mol. The van der Waals surface area contributed by atoms with Crippen molar-refractivity contribution in [1.82, 2.24) is 4.90 Å². The Bertz CT molecular complexity index is 629. The van der Waals surface area contributed by atoms with E-state index < -0.39 is 6.04 Å². The molecule has 2 aromatic rings. The molecule has 0 bridgehead atoms. The summed E-state index contributed by atoms with van der Waals surface area (Å²) < 4.78 is 0. The first-order valence-electron chi connectivity index (χ1n) is 6.53. The summed E-state index contributed by atoms with van der Waals surface area (Å²) in [7, 11) is 0. The lowest BCUT2D eigenvalue weighted by molar-refractivity contribution is -0.150. The molecule has 2 atom stereocenters. The molecule has 3 nitrogen and oxygen atoms in total. The van der Waals surface area contributed by atoms with Crippen LogP contribution in [0.5, 0.6) is 0 Å². The fourth-order valence-corrected chi connectivity index (χ4v) is 2.86. The Morgan fingerprint density at radius 2 is 1.70 bits per heavy atom. The van der Waals surface area contributed by atoms with Crippen molar-refractivity contribution >= 4 is 17.5 Å². The lowest BCUT2D eigenvalue weighted by atomic mass is 9.88. The van der Waals surface area contributed by atoms with Crippen molar-refractivity contribution in [2.24, 2.45) is 5.73 Å². The number of nitrogens with zero attached hydrogens (tertiary/aromatic N) is 1. The highest BCUT2D eigenvalue weighted by molar-refractivity contribution is 6.31. The van der Waals surface area contributed by atoms with Crippen molar-refractivity contribution in [2.45, 2.75) is 18.6 Å². The van der Waals surface area contributed by atoms with Crippen LogP contribution in [0.4, 0.5) is 0 Å². The molecule has 0 saturated carbocycles. The Morgan fingerprint density at radius 3 is 2.40 bits per heavy atom. The molecular formula is C16H15ClN2O. The first-order valence-corrected chi connectivity index (χ1v) is 6.90. The fourth-order valence-electron chi connectivity index (χ4n) is 2.61. The number of carbonyl (C=O) groups excluding carboxylic acids is 1. The van der Waals surface area contributed by atoms with E-state index in [1.54, 1.807) is 4.90 Å². The first-order chi connectivity index (χ1) is 9.68. The van der Waals surface area contributed by atoms with E-state index in [1.165, 1.54) is 0 Å². The summed E-state index contributed by atoms with van der Waals surface area (Å²) in [5.41, 5.74) is 7.96. The Labute approximate surface area is 123 Å². The van der Waals surface area contributed by atoms with E-state index in [1.807, 2.05) is 54.6 Å². The fraction of sp³-hybridized carbons (Fsp3) is 0.188. The minimum atomic E-state index is -0.501. The van der Waals surface area contributed by atoms with Crippen LogP contribution >= 0.6 is 11.6 Å². The van der Waals surface area contributed by atoms with Crippen molar-refractivity contribution in [2.75, 3.05) is 0 Å². The first kappa shape index (κ1) is 13.2. The van der Waals surface area contributed by atoms with Crippen molar-refractivity contribution in [3.63, 3.8) is 0 Å². The van der Waals surface area contributed by atoms with Crippen molar-refractivity contribution in [1.29, 1.82) is 0 Å². The third kappa shape index (κ3) is 2.19. The molecule has 0 aromatic heterocycles. The molecule has 2 N–H and O–H groups in total. The second-order valence-electron chi connectivity index (χ2n) is 4.94. The van der Waals surface area contributed by atoms with Gasteiger partial charge in [-0.05, 0) is 17.2 Å². The Hall–Kier alpha value is -1.84. The molecule has 0 spiro atoms. The molecule has 1 fully saturated rings. The summed E-state index contributed by atoms with van der Waals surface area (Å²) in [6, 6.07) is 16.8. The molecule has 102 valence electrons. The Morgan fingerprint density at radius 1 is 1.05 bits per heavy atom. The van der Waals surface area contributed by atoms with Crippen molar-refractivity contribution in [3.8, 4) is 0 Å². The lowest BCUT2D eigenvalue weighted by Gasteiger charge is -2.46. The van der Waals surface area contributed by atoms with Gasteiger partial charge in [-0.1, -0.05) is 60.1 Å². The molecule has 20 heavy (non-hydrogen) atoms. The predicted molar refractivity (Wildman–Crippen MR) is 79.2 cm³/mol. The maximum absolute atomic E-state index is 12.0. The third-order valence-electron chi connectivity index (χ3n) is 3.66. The van der Waals surface area contributed by atoms with Gasteiger partial charge in [0.25, 0.3) is 0 Å². The lowest BCUT2D eigenvalue weighted by Crippen LogP contribution is -2.62. The number of rotatable bonds is 3. The van der Waals surface area contributed by atoms with Gasteiger partial charge >= 0.3 is 0 Å². The van der Waals surface area contributed by atoms with Crippen LogP contribution in [-0.2, 0) is 11.3 Å². The zero-order chi connectivity index (χ0) is 14.1. The molecule has 1 amide bonds. The Balaban J connectivity index is 1.87. The standard InChI is InChI=1S/C16H15ClN2O/c17-13-9-5-4-8-12(13)15-14(18)16(20)19(15)10-11-6-2-1-3-7-11/h1-9,14-15H,10,18H2/t14-,15+/m0/s1. The monoisotopic (exact) mass is 286 g/mol. The van der Waals surface area contributed by atoms with E-state index >= 15 is 0 Å². The summed E-state index contributed by atoms with van der Waals surface area (Å²) in [6.07, 6.45) is 0. The normalized spacial score (nSPS) is 21.7. The largest absolute Gasteiger partial charge is 0.328 e. The molecule has 0 unspecified atom stereocenters. The van der Waals surface area contributed by atoms with Gasteiger partial charge in [0, 0.05) is 11.6 Å². The van der Waals surface area contributed by atoms with Gasteiger partial charge in [-0.2, -0.15) is 0 Å². The zero-order valence-electron chi connectivity index (χ0n) is 10.9. The molecule has 1 aliphatic heterocycles. The van der Waals surface area contributed by atoms with Crippen LogP contribution in [-0.4, -0.2) is 16.8 Å². The van der Waals surface area contributed by atoms with Crippen LogP contribution in [0.15, 0.2) is 54.6 Å². The molecule has 1 saturated heterocycles. The number of hydrogen-bond acceptors (Lipinski definition) is 2. The number of nitrogens with two attached hydrogens (primary N) is 1. The van der Waals surface area contributed by atoms with Gasteiger partial charge < -0.3 is 10.6 Å². The minimum Gasteiger partial charge on any atom is -0.328 e. The van der Waals surface area contributed by atoms with E-state index in [2.05, 4.69) is 0 Å². The maximum Gasteiger partial charge on any atom is 0.242 e. The molecule has 0 radical (unpaired) electrons. The van der Waals surface area contributed by atoms with Gasteiger partial charge in [0.15, 0.2) is 0 Å². The van der Waals surface area contributed by atoms with Crippen LogP contribution in [0.2, 0.25) is 5.02 Å². The van der Waals surface area contributed by atoms with Gasteiger partial charge in [-0.3, -0.25) is 4.79 Å². The smallest absolute Gasteiger partial charge is 0.242 e. The van der Waals surface area contributed by atoms with Gasteiger partial charge in [0.1, 0.15) is 6.04 Å². The second-order valence-corrected chi connectivity index (χ2v) is 5.35. The number of β-lactam (4-membered cyclic amide) rings is 1. The highest BCUT2D eigenvalue weighted by Crippen LogP contribution is 2.38. The molecule has 3 rings (SSSR count). The van der Waals surface area contributed by atoms with Gasteiger partial charge in [0.05, 0.1) is 6.04 Å². The SMILES string of the molecule is N[C@@H]1C(=O)N(Cc2ccccc2)[C@@H]1c1ccccc1Cl. The number of halogens is 1. The molecule has 2 aromatic carbocycles. The quantitative estimate of drug-likeness (QED) is 0.882. The Kier molecular flexibility index (Phi) is 3.47. The van der Waals surface area contributed by atoms with Crippen LogP contribution in [0.3, 0.4) is 0 Å². The van der Waals surface area contributed by atoms with Gasteiger partial charge in [-0.15, -0.1) is 0 Å². The highest BCUT2D eigenvalue weighted by atomic mass is 35.5. The average Bonchev–Trinajstić information content (AvgIpc) is 2.49. The molecule has 4 heteroatoms. The summed E-state index contributed by atoms with van der Waals surface area (Å²) in [6.45, 7) is 0.559. The molecule has 1 aliphatic rings. The summed E-state index contributed by atoms with van der Waals surface area (Å²) >= 11 is 6.22. The topological polar surface area (TPSA) is 46.3 Å². The number of carbonyl (C=O) groups is 1. The van der Waals surface area contributed by atoms with Gasteiger partial charge in [0.2, 0.25) is 5.91 Å². The zero-order valence-corrected chi connectivity index (χ0v) is 11.6. The average molecular weight is 287 g/mol. The van der Waals surface area contributed by atoms with Crippen LogP contribution in [0, 0.1) is 0 Å². The van der Waals surface area contributed by atoms with E-state index in [0.29, 0.717) is 11.6 Å². The number of likely N-dealkylation sites (tertiary alicyclic amines) is 1. The molecule has 1 heterocycles. The minimum absolute atomic E-state index is 0.0289. The van der Waals surface area contributed by atoms with E-state index in [0.717, 1.165) is 11.1 Å². The second kappa shape index (κ2) is 5.27. The number of hydrogen-bond donors (Lipinski definition) is 1. The van der Waals surface area contributed by atoms with E-state index in [9.17, 15) is 4.79 Å². The molecule has 0 aliphatic carbocycles. The summed E-state index contributed by atoms with van der Waals surface area (Å²) in [4.78, 5) is 13.8. The number of amides is 1. The van der Waals surface area contributed by atoms with Crippen molar-refractivity contribution < 1.29 is 4.79 Å².